The van der Waals surface area contributed by atoms with Crippen LogP contribution in [0.2, 0.25) is 0 Å². The molecule has 0 aliphatic heterocycles. The first-order chi connectivity index (χ1) is 14.5. The van der Waals surface area contributed by atoms with Gasteiger partial charge in [0.05, 0.1) is 56.5 Å². The summed E-state index contributed by atoms with van der Waals surface area (Å²) in [7, 11) is 4.03. The first kappa shape index (κ1) is 25.5. The molecule has 2 rings (SSSR count). The second kappa shape index (κ2) is 10.2. The first-order valence-corrected chi connectivity index (χ1v) is 11.3. The van der Waals surface area contributed by atoms with Gasteiger partial charge in [-0.05, 0) is 67.8 Å². The zero-order chi connectivity index (χ0) is 23.6. The molecule has 13 heteroatoms. The average Bonchev–Trinajstić information content (AvgIpc) is 2.71. The Morgan fingerprint density at radius 2 is 1.35 bits per heavy atom. The molecular weight excluding hydrogens is 753 g/mol. The number of carboxylic acids is 1. The lowest BCUT2D eigenvalue weighted by atomic mass is 10.1. The number of nitrogens with two attached hydrogens (primary N) is 2. The number of aromatic carboxylic acids is 1. The fourth-order valence-corrected chi connectivity index (χ4v) is 6.66. The minimum absolute atomic E-state index is 0.0251. The first-order valence-electron chi connectivity index (χ1n) is 8.05. The van der Waals surface area contributed by atoms with Crippen molar-refractivity contribution in [3.05, 3.63) is 33.5 Å². The van der Waals surface area contributed by atoms with Crippen molar-refractivity contribution in [1.29, 1.82) is 0 Å². The molecule has 31 heavy (non-hydrogen) atoms. The lowest BCUT2D eigenvalue weighted by molar-refractivity contribution is 0.0396. The van der Waals surface area contributed by atoms with Crippen LogP contribution in [0.1, 0.15) is 31.1 Å². The SMILES string of the molecule is COc1cc(C(=O)OC(=O)c2c(I)c(N)c(I)c(C(=O)O)c2I)c(N)c(OC)c1OC. The van der Waals surface area contributed by atoms with E-state index in [0.29, 0.717) is 0 Å². The van der Waals surface area contributed by atoms with E-state index < -0.39 is 17.9 Å². The molecule has 0 atom stereocenters. The molecule has 5 N–H and O–H groups in total. The Labute approximate surface area is 217 Å². The average molecular weight is 768 g/mol. The summed E-state index contributed by atoms with van der Waals surface area (Å²) in [5.74, 6) is -3.14. The van der Waals surface area contributed by atoms with Gasteiger partial charge in [-0.25, -0.2) is 14.4 Å². The molecule has 0 aliphatic carbocycles. The van der Waals surface area contributed by atoms with Gasteiger partial charge in [0.25, 0.3) is 0 Å². The van der Waals surface area contributed by atoms with Crippen molar-refractivity contribution < 1.29 is 38.4 Å². The number of carbonyl (C=O) groups is 3. The van der Waals surface area contributed by atoms with Gasteiger partial charge in [0.1, 0.15) is 0 Å². The van der Waals surface area contributed by atoms with E-state index in [1.54, 1.807) is 67.8 Å². The van der Waals surface area contributed by atoms with Crippen LogP contribution in [0.3, 0.4) is 0 Å². The van der Waals surface area contributed by atoms with Gasteiger partial charge in [-0.15, -0.1) is 0 Å². The fourth-order valence-electron chi connectivity index (χ4n) is 2.59. The Kier molecular flexibility index (Phi) is 8.42. The number of carbonyl (C=O) groups excluding carboxylic acids is 2. The third-order valence-corrected chi connectivity index (χ3v) is 7.36. The predicted molar refractivity (Wildman–Crippen MR) is 136 cm³/mol. The number of anilines is 2. The van der Waals surface area contributed by atoms with E-state index in [1.807, 2.05) is 0 Å². The van der Waals surface area contributed by atoms with E-state index in [0.717, 1.165) is 0 Å². The van der Waals surface area contributed by atoms with Crippen LogP contribution in [0, 0.1) is 10.7 Å². The van der Waals surface area contributed by atoms with Gasteiger partial charge in [-0.1, -0.05) is 0 Å². The van der Waals surface area contributed by atoms with Crippen LogP contribution in [0.25, 0.3) is 0 Å². The van der Waals surface area contributed by atoms with Gasteiger partial charge in [0.15, 0.2) is 11.5 Å². The van der Waals surface area contributed by atoms with Gasteiger partial charge in [0.2, 0.25) is 5.75 Å². The molecule has 0 saturated heterocycles. The number of carboxylic acid groups (broad SMARTS) is 1. The normalized spacial score (nSPS) is 10.4. The topological polar surface area (TPSA) is 160 Å². The molecule has 0 saturated carbocycles. The monoisotopic (exact) mass is 768 g/mol. The Bertz CT molecular complexity index is 1100. The number of rotatable bonds is 6. The number of halogens is 3. The summed E-state index contributed by atoms with van der Waals surface area (Å²) in [5, 5.41) is 9.49. The molecule has 0 aromatic heterocycles. The van der Waals surface area contributed by atoms with Crippen molar-refractivity contribution in [3.8, 4) is 17.2 Å². The van der Waals surface area contributed by atoms with E-state index in [9.17, 15) is 19.5 Å². The molecule has 10 nitrogen and oxygen atoms in total. The maximum absolute atomic E-state index is 12.8. The molecule has 0 radical (unpaired) electrons. The summed E-state index contributed by atoms with van der Waals surface area (Å²) in [6.45, 7) is 0. The lowest BCUT2D eigenvalue weighted by Gasteiger charge is -2.17. The van der Waals surface area contributed by atoms with Gasteiger partial charge in [-0.3, -0.25) is 0 Å². The molecular formula is C18H15I3N2O8. The molecule has 0 amide bonds. The minimum atomic E-state index is -1.27. The van der Waals surface area contributed by atoms with Gasteiger partial charge >= 0.3 is 17.9 Å². The highest BCUT2D eigenvalue weighted by Crippen LogP contribution is 2.44. The summed E-state index contributed by atoms with van der Waals surface area (Å²) in [5.41, 5.74) is 11.4. The maximum Gasteiger partial charge on any atom is 0.348 e. The number of hydrogen-bond donors (Lipinski definition) is 3. The van der Waals surface area contributed by atoms with E-state index >= 15 is 0 Å². The van der Waals surface area contributed by atoms with E-state index in [4.69, 9.17) is 30.4 Å². The molecule has 0 unspecified atom stereocenters. The van der Waals surface area contributed by atoms with Crippen LogP contribution in [0.4, 0.5) is 11.4 Å². The van der Waals surface area contributed by atoms with Gasteiger partial charge < -0.3 is 35.5 Å². The lowest BCUT2D eigenvalue weighted by Crippen LogP contribution is -2.20. The van der Waals surface area contributed by atoms with Crippen molar-refractivity contribution in [1.82, 2.24) is 0 Å². The third kappa shape index (κ3) is 4.71. The molecule has 0 heterocycles. The molecule has 0 bridgehead atoms. The van der Waals surface area contributed by atoms with Crippen LogP contribution in [0.15, 0.2) is 6.07 Å². The number of hydrogen-bond acceptors (Lipinski definition) is 9. The molecule has 0 spiro atoms. The predicted octanol–water partition coefficient (Wildman–Crippen LogP) is 3.39. The minimum Gasteiger partial charge on any atom is -0.493 e. The van der Waals surface area contributed by atoms with Crippen LogP contribution in [0.5, 0.6) is 17.2 Å². The highest BCUT2D eigenvalue weighted by Gasteiger charge is 2.30. The van der Waals surface area contributed by atoms with E-state index in [1.165, 1.54) is 27.4 Å². The Hall–Kier alpha value is -1.76. The standard InChI is InChI=1S/C18H15I3N2O8/c1-28-6-4-5(12(22)15(30-3)14(6)29-2)17(26)31-18(27)8-9(19)7(16(24)25)10(20)13(23)11(8)21/h4H,22-23H2,1-3H3,(H,24,25). The number of esters is 2. The quantitative estimate of drug-likeness (QED) is 0.172. The van der Waals surface area contributed by atoms with Crippen molar-refractivity contribution in [3.63, 3.8) is 0 Å². The van der Waals surface area contributed by atoms with Crippen LogP contribution >= 0.6 is 67.8 Å². The number of methoxy groups -OCH3 is 3. The van der Waals surface area contributed by atoms with Gasteiger partial charge in [0, 0.05) is 9.64 Å². The summed E-state index contributed by atoms with van der Waals surface area (Å²) < 4.78 is 21.2. The van der Waals surface area contributed by atoms with Crippen LogP contribution in [-0.2, 0) is 4.74 Å². The van der Waals surface area contributed by atoms with Crippen molar-refractivity contribution in [2.75, 3.05) is 32.8 Å². The highest BCUT2D eigenvalue weighted by molar-refractivity contribution is 14.1. The van der Waals surface area contributed by atoms with Gasteiger partial charge in [-0.2, -0.15) is 0 Å². The van der Waals surface area contributed by atoms with Crippen molar-refractivity contribution in [2.45, 2.75) is 0 Å². The fraction of sp³-hybridized carbons (Fsp3) is 0.167. The summed E-state index contributed by atoms with van der Waals surface area (Å²) >= 11 is 5.27. The summed E-state index contributed by atoms with van der Waals surface area (Å²) in [4.78, 5) is 37.2. The molecule has 2 aromatic rings. The third-order valence-electron chi connectivity index (χ3n) is 4.04. The Balaban J connectivity index is 2.56. The Morgan fingerprint density at radius 3 is 1.84 bits per heavy atom. The highest BCUT2D eigenvalue weighted by atomic mass is 127. The summed E-state index contributed by atoms with van der Waals surface area (Å²) in [6, 6.07) is 1.24. The molecule has 2 aromatic carbocycles. The molecule has 166 valence electrons. The number of ether oxygens (including phenoxy) is 4. The largest absolute Gasteiger partial charge is 0.493 e. The summed E-state index contributed by atoms with van der Waals surface area (Å²) in [6.07, 6.45) is 0. The zero-order valence-electron chi connectivity index (χ0n) is 16.2. The van der Waals surface area contributed by atoms with Crippen LogP contribution < -0.4 is 25.7 Å². The zero-order valence-corrected chi connectivity index (χ0v) is 22.6. The van der Waals surface area contributed by atoms with Crippen molar-refractivity contribution in [2.24, 2.45) is 0 Å². The Morgan fingerprint density at radius 1 is 0.806 bits per heavy atom. The van der Waals surface area contributed by atoms with E-state index in [2.05, 4.69) is 0 Å². The second-order valence-corrected chi connectivity index (χ2v) is 8.93. The van der Waals surface area contributed by atoms with Crippen LogP contribution in [-0.4, -0.2) is 44.3 Å². The maximum atomic E-state index is 12.8. The smallest absolute Gasteiger partial charge is 0.348 e. The number of benzene rings is 2. The molecule has 0 aliphatic rings. The molecule has 0 fully saturated rings. The van der Waals surface area contributed by atoms with Crippen molar-refractivity contribution >= 4 is 97.1 Å². The number of nitrogen functional groups attached to an aromatic ring is 2. The van der Waals surface area contributed by atoms with E-state index in [-0.39, 0.29) is 56.0 Å². The second-order valence-electron chi connectivity index (χ2n) is 5.69.